The monoisotopic (exact) mass is 112 g/mol. The van der Waals surface area contributed by atoms with Gasteiger partial charge in [-0.25, -0.2) is 0 Å². The topological polar surface area (TPSA) is 9.23 Å². The minimum Gasteiger partial charge on any atom is -0.547 e. The summed E-state index contributed by atoms with van der Waals surface area (Å²) >= 11 is 0. The van der Waals surface area contributed by atoms with Crippen molar-refractivity contribution in [2.24, 2.45) is 0 Å². The van der Waals surface area contributed by atoms with Crippen molar-refractivity contribution in [3.8, 4) is 0 Å². The van der Waals surface area contributed by atoms with Gasteiger partial charge in [-0.15, -0.1) is 0 Å². The van der Waals surface area contributed by atoms with Crippen molar-refractivity contribution < 1.29 is 4.43 Å². The van der Waals surface area contributed by atoms with E-state index in [1.165, 1.54) is 0 Å². The second-order valence-corrected chi connectivity index (χ2v) is 1.53. The van der Waals surface area contributed by atoms with E-state index in [1.54, 1.807) is 18.4 Å². The maximum absolute atomic E-state index is 4.85. The third-order valence-corrected chi connectivity index (χ3v) is 0.772. The van der Waals surface area contributed by atoms with Crippen LogP contribution in [0.4, 0.5) is 0 Å². The van der Waals surface area contributed by atoms with E-state index < -0.39 is 0 Å². The van der Waals surface area contributed by atoms with Gasteiger partial charge < -0.3 is 4.43 Å². The molecule has 0 saturated heterocycles. The molecule has 0 bridgehead atoms. The molecule has 0 N–H and O–H groups in total. The molecule has 0 amide bonds. The molecule has 1 nitrogen and oxygen atoms in total. The van der Waals surface area contributed by atoms with E-state index in [0.717, 1.165) is 0 Å². The molecule has 0 heterocycles. The third kappa shape index (κ3) is 5.50. The standard InChI is InChI=1S/C5H8OSi/c1-3-4-5-6-7-2/h3-5H,1H2,2H3. The summed E-state index contributed by atoms with van der Waals surface area (Å²) in [5.41, 5.74) is 0. The zero-order valence-electron chi connectivity index (χ0n) is 4.35. The van der Waals surface area contributed by atoms with Crippen molar-refractivity contribution in [2.75, 3.05) is 0 Å². The van der Waals surface area contributed by atoms with Gasteiger partial charge in [0.25, 0.3) is 0 Å². The summed E-state index contributed by atoms with van der Waals surface area (Å²) in [5.74, 6) is 0. The fourth-order valence-corrected chi connectivity index (χ4v) is 0.378. The van der Waals surface area contributed by atoms with Crippen LogP contribution in [0.15, 0.2) is 25.0 Å². The summed E-state index contributed by atoms with van der Waals surface area (Å²) in [7, 11) is 0.533. The zero-order chi connectivity index (χ0) is 5.54. The first-order valence-electron chi connectivity index (χ1n) is 2.01. The Bertz CT molecular complexity index is 68.5. The Kier molecular flexibility index (Phi) is 5.10. The van der Waals surface area contributed by atoms with Crippen LogP contribution in [0, 0.1) is 0 Å². The summed E-state index contributed by atoms with van der Waals surface area (Å²) in [4.78, 5) is 0. The van der Waals surface area contributed by atoms with Crippen molar-refractivity contribution in [2.45, 2.75) is 6.55 Å². The van der Waals surface area contributed by atoms with Crippen LogP contribution < -0.4 is 0 Å². The van der Waals surface area contributed by atoms with Crippen LogP contribution in [0.25, 0.3) is 0 Å². The fourth-order valence-electron chi connectivity index (χ4n) is 0.163. The van der Waals surface area contributed by atoms with Crippen LogP contribution in [0.3, 0.4) is 0 Å². The van der Waals surface area contributed by atoms with E-state index in [1.807, 2.05) is 6.55 Å². The van der Waals surface area contributed by atoms with E-state index in [9.17, 15) is 0 Å². The molecular weight excluding hydrogens is 104 g/mol. The Morgan fingerprint density at radius 1 is 1.71 bits per heavy atom. The molecule has 0 aromatic heterocycles. The molecule has 0 aliphatic heterocycles. The minimum atomic E-state index is 0.533. The lowest BCUT2D eigenvalue weighted by molar-refractivity contribution is 0.519. The van der Waals surface area contributed by atoms with E-state index in [0.29, 0.717) is 9.76 Å². The Balaban J connectivity index is 2.92. The lowest BCUT2D eigenvalue weighted by Gasteiger charge is -1.85. The van der Waals surface area contributed by atoms with E-state index in [-0.39, 0.29) is 0 Å². The average molecular weight is 112 g/mol. The first-order valence-corrected chi connectivity index (χ1v) is 3.42. The lowest BCUT2D eigenvalue weighted by Crippen LogP contribution is -1.79. The molecule has 2 heteroatoms. The highest BCUT2D eigenvalue weighted by molar-refractivity contribution is 6.25. The predicted octanol–water partition coefficient (Wildman–Crippen LogP) is 1.37. The predicted molar refractivity (Wildman–Crippen MR) is 32.0 cm³/mol. The Morgan fingerprint density at radius 2 is 2.43 bits per heavy atom. The van der Waals surface area contributed by atoms with Crippen molar-refractivity contribution in [3.63, 3.8) is 0 Å². The van der Waals surface area contributed by atoms with Crippen molar-refractivity contribution in [1.82, 2.24) is 0 Å². The summed E-state index contributed by atoms with van der Waals surface area (Å²) in [5, 5.41) is 0. The summed E-state index contributed by atoms with van der Waals surface area (Å²) in [6.07, 6.45) is 5.07. The van der Waals surface area contributed by atoms with E-state index in [2.05, 4.69) is 6.58 Å². The molecule has 0 aliphatic rings. The second-order valence-electron chi connectivity index (χ2n) is 0.886. The van der Waals surface area contributed by atoms with Gasteiger partial charge in [0.05, 0.1) is 6.26 Å². The molecule has 38 valence electrons. The highest BCUT2D eigenvalue weighted by atomic mass is 28.2. The Labute approximate surface area is 46.6 Å². The summed E-state index contributed by atoms with van der Waals surface area (Å²) < 4.78 is 4.85. The Morgan fingerprint density at radius 3 is 2.86 bits per heavy atom. The molecule has 0 fully saturated rings. The maximum atomic E-state index is 4.85. The van der Waals surface area contributed by atoms with Gasteiger partial charge in [0.2, 0.25) is 0 Å². The molecule has 2 radical (unpaired) electrons. The normalized spacial score (nSPS) is 9.29. The van der Waals surface area contributed by atoms with Gasteiger partial charge in [-0.3, -0.25) is 0 Å². The molecule has 0 saturated carbocycles. The fraction of sp³-hybridized carbons (Fsp3) is 0.200. The van der Waals surface area contributed by atoms with Crippen molar-refractivity contribution in [3.05, 3.63) is 25.0 Å². The third-order valence-electron chi connectivity index (χ3n) is 0.401. The number of rotatable bonds is 3. The first kappa shape index (κ1) is 6.50. The SMILES string of the molecule is C=CC=CO[Si]C. The number of hydrogen-bond acceptors (Lipinski definition) is 1. The number of hydrogen-bond donors (Lipinski definition) is 0. The van der Waals surface area contributed by atoms with Gasteiger partial charge in [0.15, 0.2) is 0 Å². The van der Waals surface area contributed by atoms with Gasteiger partial charge >= 0.3 is 9.76 Å². The Hall–Kier alpha value is -0.503. The van der Waals surface area contributed by atoms with Crippen LogP contribution in [0.5, 0.6) is 0 Å². The largest absolute Gasteiger partial charge is 0.547 e. The van der Waals surface area contributed by atoms with Crippen molar-refractivity contribution >= 4 is 9.76 Å². The van der Waals surface area contributed by atoms with Gasteiger partial charge in [-0.05, 0) is 12.6 Å². The van der Waals surface area contributed by atoms with Gasteiger partial charge in [-0.1, -0.05) is 12.7 Å². The number of allylic oxidation sites excluding steroid dienone is 2. The zero-order valence-corrected chi connectivity index (χ0v) is 5.35. The lowest BCUT2D eigenvalue weighted by atomic mass is 10.6. The van der Waals surface area contributed by atoms with Crippen LogP contribution in [-0.2, 0) is 4.43 Å². The first-order chi connectivity index (χ1) is 3.41. The van der Waals surface area contributed by atoms with E-state index >= 15 is 0 Å². The second kappa shape index (κ2) is 5.50. The van der Waals surface area contributed by atoms with Gasteiger partial charge in [-0.2, -0.15) is 0 Å². The van der Waals surface area contributed by atoms with Crippen molar-refractivity contribution in [1.29, 1.82) is 0 Å². The summed E-state index contributed by atoms with van der Waals surface area (Å²) in [6.45, 7) is 5.43. The quantitative estimate of drug-likeness (QED) is 0.304. The molecule has 0 atom stereocenters. The van der Waals surface area contributed by atoms with Gasteiger partial charge in [0, 0.05) is 0 Å². The maximum Gasteiger partial charge on any atom is 0.306 e. The minimum absolute atomic E-state index is 0.533. The van der Waals surface area contributed by atoms with Gasteiger partial charge in [0.1, 0.15) is 0 Å². The van der Waals surface area contributed by atoms with E-state index in [4.69, 9.17) is 4.43 Å². The molecule has 0 spiro atoms. The van der Waals surface area contributed by atoms with Crippen LogP contribution >= 0.6 is 0 Å². The van der Waals surface area contributed by atoms with Crippen LogP contribution in [0.2, 0.25) is 6.55 Å². The van der Waals surface area contributed by atoms with Crippen LogP contribution in [0.1, 0.15) is 0 Å². The van der Waals surface area contributed by atoms with Crippen LogP contribution in [-0.4, -0.2) is 9.76 Å². The highest BCUT2D eigenvalue weighted by Gasteiger charge is 1.67. The molecule has 0 aliphatic carbocycles. The highest BCUT2D eigenvalue weighted by Crippen LogP contribution is 1.73. The smallest absolute Gasteiger partial charge is 0.306 e. The molecule has 0 aromatic rings. The summed E-state index contributed by atoms with van der Waals surface area (Å²) in [6, 6.07) is 0. The molecule has 7 heavy (non-hydrogen) atoms. The average Bonchev–Trinajstić information content (AvgIpc) is 1.69. The molecule has 0 unspecified atom stereocenters. The molecular formula is C5H8OSi. The molecule has 0 aromatic carbocycles. The molecule has 0 rings (SSSR count).